The molecule has 0 fully saturated rings. The minimum absolute atomic E-state index is 0.0512. The molecule has 0 aromatic heterocycles. The summed E-state index contributed by atoms with van der Waals surface area (Å²) in [7, 11) is 0. The van der Waals surface area contributed by atoms with Crippen LogP contribution in [-0.4, -0.2) is 36.0 Å². The number of benzene rings is 2. The monoisotopic (exact) mass is 354 g/mol. The van der Waals surface area contributed by atoms with Gasteiger partial charge in [0.1, 0.15) is 12.4 Å². The van der Waals surface area contributed by atoms with E-state index >= 15 is 0 Å². The van der Waals surface area contributed by atoms with Gasteiger partial charge in [0.05, 0.1) is 0 Å². The summed E-state index contributed by atoms with van der Waals surface area (Å²) < 4.78 is 5.80. The van der Waals surface area contributed by atoms with Gasteiger partial charge >= 0.3 is 0 Å². The molecule has 2 rings (SSSR count). The first-order chi connectivity index (χ1) is 12.5. The fourth-order valence-electron chi connectivity index (χ4n) is 3.05. The first-order valence-electron chi connectivity index (χ1n) is 9.28. The van der Waals surface area contributed by atoms with E-state index in [9.17, 15) is 4.79 Å². The Labute approximate surface area is 157 Å². The Balaban J connectivity index is 1.94. The summed E-state index contributed by atoms with van der Waals surface area (Å²) in [5.41, 5.74) is 1.56. The third-order valence-electron chi connectivity index (χ3n) is 4.38. The zero-order valence-electron chi connectivity index (χ0n) is 16.2. The average molecular weight is 354 g/mol. The number of carbonyl (C=O) groups is 1. The van der Waals surface area contributed by atoms with Gasteiger partial charge in [-0.2, -0.15) is 0 Å². The molecule has 2 aromatic carbocycles. The SMILES string of the molecule is CC(C)N(CCNC(=O)c1ccccc1COc1ccccc1)C(C)C. The minimum Gasteiger partial charge on any atom is -0.489 e. The molecule has 26 heavy (non-hydrogen) atoms. The van der Waals surface area contributed by atoms with Crippen LogP contribution >= 0.6 is 0 Å². The van der Waals surface area contributed by atoms with E-state index < -0.39 is 0 Å². The van der Waals surface area contributed by atoms with Crippen LogP contribution in [0.25, 0.3) is 0 Å². The van der Waals surface area contributed by atoms with Crippen LogP contribution in [0.5, 0.6) is 5.75 Å². The standard InChI is InChI=1S/C22H30N2O2/c1-17(2)24(18(3)4)15-14-23-22(25)21-13-9-8-10-19(21)16-26-20-11-6-5-7-12-20/h5-13,17-18H,14-16H2,1-4H3,(H,23,25). The molecule has 0 radical (unpaired) electrons. The van der Waals surface area contributed by atoms with Crippen LogP contribution in [0.2, 0.25) is 0 Å². The lowest BCUT2D eigenvalue weighted by Gasteiger charge is -2.30. The number of hydrogen-bond acceptors (Lipinski definition) is 3. The van der Waals surface area contributed by atoms with Gasteiger partial charge in [0.25, 0.3) is 5.91 Å². The highest BCUT2D eigenvalue weighted by Gasteiger charge is 2.15. The van der Waals surface area contributed by atoms with Crippen molar-refractivity contribution in [2.45, 2.75) is 46.4 Å². The van der Waals surface area contributed by atoms with Gasteiger partial charge < -0.3 is 10.1 Å². The van der Waals surface area contributed by atoms with Gasteiger partial charge in [-0.3, -0.25) is 9.69 Å². The highest BCUT2D eigenvalue weighted by Crippen LogP contribution is 2.15. The van der Waals surface area contributed by atoms with Crippen LogP contribution in [-0.2, 0) is 6.61 Å². The topological polar surface area (TPSA) is 41.6 Å². The smallest absolute Gasteiger partial charge is 0.251 e. The van der Waals surface area contributed by atoms with Crippen molar-refractivity contribution in [1.82, 2.24) is 10.2 Å². The number of para-hydroxylation sites is 1. The average Bonchev–Trinajstić information content (AvgIpc) is 2.63. The van der Waals surface area contributed by atoms with Crippen molar-refractivity contribution in [2.24, 2.45) is 0 Å². The Morgan fingerprint density at radius 1 is 0.962 bits per heavy atom. The second-order valence-electron chi connectivity index (χ2n) is 6.94. The highest BCUT2D eigenvalue weighted by atomic mass is 16.5. The summed E-state index contributed by atoms with van der Waals surface area (Å²) in [6.07, 6.45) is 0. The van der Waals surface area contributed by atoms with E-state index in [2.05, 4.69) is 37.9 Å². The number of carbonyl (C=O) groups excluding carboxylic acids is 1. The third-order valence-corrected chi connectivity index (χ3v) is 4.38. The predicted molar refractivity (Wildman–Crippen MR) is 107 cm³/mol. The zero-order chi connectivity index (χ0) is 18.9. The summed E-state index contributed by atoms with van der Waals surface area (Å²) in [5, 5.41) is 3.04. The fraction of sp³-hybridized carbons (Fsp3) is 0.409. The Hall–Kier alpha value is -2.33. The van der Waals surface area contributed by atoms with Gasteiger partial charge in [-0.25, -0.2) is 0 Å². The molecule has 4 heteroatoms. The lowest BCUT2D eigenvalue weighted by molar-refractivity contribution is 0.0937. The molecule has 0 atom stereocenters. The van der Waals surface area contributed by atoms with E-state index in [1.807, 2.05) is 54.6 Å². The molecule has 1 N–H and O–H groups in total. The molecule has 0 unspecified atom stereocenters. The molecule has 2 aromatic rings. The normalized spacial score (nSPS) is 11.2. The Morgan fingerprint density at radius 2 is 1.58 bits per heavy atom. The Kier molecular flexibility index (Phi) is 7.67. The van der Waals surface area contributed by atoms with E-state index in [0.717, 1.165) is 17.9 Å². The fourth-order valence-corrected chi connectivity index (χ4v) is 3.05. The van der Waals surface area contributed by atoms with Crippen molar-refractivity contribution in [3.05, 3.63) is 65.7 Å². The van der Waals surface area contributed by atoms with Crippen LogP contribution in [0.4, 0.5) is 0 Å². The van der Waals surface area contributed by atoms with Crippen LogP contribution in [0.15, 0.2) is 54.6 Å². The summed E-state index contributed by atoms with van der Waals surface area (Å²) >= 11 is 0. The highest BCUT2D eigenvalue weighted by molar-refractivity contribution is 5.95. The van der Waals surface area contributed by atoms with Gasteiger partial charge in [0.15, 0.2) is 0 Å². The zero-order valence-corrected chi connectivity index (χ0v) is 16.2. The summed E-state index contributed by atoms with van der Waals surface area (Å²) in [6.45, 7) is 10.6. The molecule has 0 heterocycles. The van der Waals surface area contributed by atoms with Crippen LogP contribution in [0.1, 0.15) is 43.6 Å². The van der Waals surface area contributed by atoms with Crippen molar-refractivity contribution >= 4 is 5.91 Å². The summed E-state index contributed by atoms with van der Waals surface area (Å²) in [6, 6.07) is 18.2. The minimum atomic E-state index is -0.0512. The van der Waals surface area contributed by atoms with E-state index in [1.165, 1.54) is 0 Å². The van der Waals surface area contributed by atoms with Crippen LogP contribution in [0.3, 0.4) is 0 Å². The Bertz CT molecular complexity index is 676. The van der Waals surface area contributed by atoms with Gasteiger partial charge in [0, 0.05) is 36.3 Å². The summed E-state index contributed by atoms with van der Waals surface area (Å²) in [4.78, 5) is 15.0. The lowest BCUT2D eigenvalue weighted by Crippen LogP contribution is -2.42. The maximum absolute atomic E-state index is 12.6. The van der Waals surface area contributed by atoms with E-state index in [-0.39, 0.29) is 5.91 Å². The predicted octanol–water partition coefficient (Wildman–Crippen LogP) is 4.11. The Morgan fingerprint density at radius 3 is 2.23 bits per heavy atom. The number of nitrogens with zero attached hydrogens (tertiary/aromatic N) is 1. The molecule has 0 saturated heterocycles. The number of rotatable bonds is 9. The van der Waals surface area contributed by atoms with E-state index in [4.69, 9.17) is 4.74 Å². The van der Waals surface area contributed by atoms with Crippen molar-refractivity contribution in [1.29, 1.82) is 0 Å². The van der Waals surface area contributed by atoms with E-state index in [0.29, 0.717) is 30.8 Å². The van der Waals surface area contributed by atoms with Gasteiger partial charge in [0.2, 0.25) is 0 Å². The molecule has 0 aliphatic rings. The maximum Gasteiger partial charge on any atom is 0.251 e. The largest absolute Gasteiger partial charge is 0.489 e. The molecule has 0 aliphatic heterocycles. The molecule has 4 nitrogen and oxygen atoms in total. The van der Waals surface area contributed by atoms with Crippen molar-refractivity contribution in [3.8, 4) is 5.75 Å². The second kappa shape index (κ2) is 9.97. The van der Waals surface area contributed by atoms with Gasteiger partial charge in [-0.05, 0) is 45.9 Å². The molecule has 0 bridgehead atoms. The first-order valence-corrected chi connectivity index (χ1v) is 9.28. The third kappa shape index (κ3) is 5.88. The second-order valence-corrected chi connectivity index (χ2v) is 6.94. The molecule has 140 valence electrons. The molecule has 0 saturated carbocycles. The number of hydrogen-bond donors (Lipinski definition) is 1. The number of nitrogens with one attached hydrogen (secondary N) is 1. The number of amides is 1. The number of ether oxygens (including phenoxy) is 1. The van der Waals surface area contributed by atoms with E-state index in [1.54, 1.807) is 0 Å². The van der Waals surface area contributed by atoms with Gasteiger partial charge in [-0.1, -0.05) is 36.4 Å². The lowest BCUT2D eigenvalue weighted by atomic mass is 10.1. The van der Waals surface area contributed by atoms with Crippen LogP contribution in [0, 0.1) is 0 Å². The molecular weight excluding hydrogens is 324 g/mol. The van der Waals surface area contributed by atoms with Crippen molar-refractivity contribution in [2.75, 3.05) is 13.1 Å². The quantitative estimate of drug-likeness (QED) is 0.737. The molecule has 0 spiro atoms. The summed E-state index contributed by atoms with van der Waals surface area (Å²) in [5.74, 6) is 0.747. The van der Waals surface area contributed by atoms with Crippen molar-refractivity contribution < 1.29 is 9.53 Å². The maximum atomic E-state index is 12.6. The van der Waals surface area contributed by atoms with Gasteiger partial charge in [-0.15, -0.1) is 0 Å². The molecule has 1 amide bonds. The van der Waals surface area contributed by atoms with Crippen LogP contribution < -0.4 is 10.1 Å². The molecule has 0 aliphatic carbocycles. The molecular formula is C22H30N2O2. The van der Waals surface area contributed by atoms with Crippen molar-refractivity contribution in [3.63, 3.8) is 0 Å². The first kappa shape index (κ1) is 20.0.